The zero-order valence-electron chi connectivity index (χ0n) is 11.4. The van der Waals surface area contributed by atoms with Gasteiger partial charge in [0.1, 0.15) is 11.9 Å². The average Bonchev–Trinajstić information content (AvgIpc) is 2.43. The summed E-state index contributed by atoms with van der Waals surface area (Å²) < 4.78 is 6.13. The van der Waals surface area contributed by atoms with E-state index < -0.39 is 0 Å². The molecule has 0 aliphatic heterocycles. The molecule has 0 saturated heterocycles. The Morgan fingerprint density at radius 1 is 1.26 bits per heavy atom. The molecule has 0 amide bonds. The predicted octanol–water partition coefficient (Wildman–Crippen LogP) is 4.11. The molecule has 0 heterocycles. The fourth-order valence-corrected chi connectivity index (χ4v) is 3.77. The summed E-state index contributed by atoms with van der Waals surface area (Å²) in [4.78, 5) is 0. The summed E-state index contributed by atoms with van der Waals surface area (Å²) in [5, 5.41) is 10.8. The number of benzene rings is 1. The second kappa shape index (κ2) is 4.99. The fraction of sp³-hybridized carbons (Fsp3) is 0.625. The van der Waals surface area contributed by atoms with Crippen LogP contribution >= 0.6 is 11.6 Å². The van der Waals surface area contributed by atoms with E-state index in [1.807, 2.05) is 25.1 Å². The number of aliphatic hydroxyl groups excluding tert-OH is 1. The number of aliphatic hydroxyl groups is 1. The van der Waals surface area contributed by atoms with Crippen LogP contribution in [0.25, 0.3) is 0 Å². The van der Waals surface area contributed by atoms with Crippen LogP contribution in [0.15, 0.2) is 18.2 Å². The van der Waals surface area contributed by atoms with Gasteiger partial charge in [0.05, 0.1) is 11.1 Å². The van der Waals surface area contributed by atoms with Crippen LogP contribution in [0, 0.1) is 12.3 Å². The molecule has 0 aromatic heterocycles. The van der Waals surface area contributed by atoms with Crippen LogP contribution in [0.4, 0.5) is 0 Å². The summed E-state index contributed by atoms with van der Waals surface area (Å²) >= 11 is 6.20. The van der Waals surface area contributed by atoms with Crippen molar-refractivity contribution in [1.29, 1.82) is 0 Å². The molecule has 1 spiro atoms. The third-order valence-corrected chi connectivity index (χ3v) is 5.19. The van der Waals surface area contributed by atoms with E-state index in [0.717, 1.165) is 30.6 Å². The minimum absolute atomic E-state index is 0.00861. The normalized spacial score (nSPS) is 29.0. The van der Waals surface area contributed by atoms with E-state index in [0.29, 0.717) is 5.02 Å². The third kappa shape index (κ3) is 2.25. The fourth-order valence-electron chi connectivity index (χ4n) is 3.61. The Balaban J connectivity index is 1.78. The Morgan fingerprint density at radius 2 is 2.00 bits per heavy atom. The van der Waals surface area contributed by atoms with Gasteiger partial charge < -0.3 is 9.84 Å². The van der Waals surface area contributed by atoms with Crippen molar-refractivity contribution in [2.45, 2.75) is 57.7 Å². The van der Waals surface area contributed by atoms with Crippen molar-refractivity contribution in [2.24, 2.45) is 5.41 Å². The molecule has 0 radical (unpaired) electrons. The van der Waals surface area contributed by atoms with Crippen molar-refractivity contribution in [1.82, 2.24) is 0 Å². The minimum atomic E-state index is -0.193. The summed E-state index contributed by atoms with van der Waals surface area (Å²) in [5.41, 5.74) is 1.14. The largest absolute Gasteiger partial charge is 0.488 e. The summed E-state index contributed by atoms with van der Waals surface area (Å²) in [6, 6.07) is 5.86. The topological polar surface area (TPSA) is 29.5 Å². The van der Waals surface area contributed by atoms with Crippen LogP contribution < -0.4 is 4.74 Å². The Bertz CT molecular complexity index is 466. The Kier molecular flexibility index (Phi) is 3.48. The molecule has 3 heteroatoms. The quantitative estimate of drug-likeness (QED) is 0.883. The van der Waals surface area contributed by atoms with Crippen LogP contribution in [-0.2, 0) is 0 Å². The highest BCUT2D eigenvalue weighted by atomic mass is 35.5. The van der Waals surface area contributed by atoms with Crippen LogP contribution in [0.2, 0.25) is 5.02 Å². The van der Waals surface area contributed by atoms with Crippen molar-refractivity contribution in [3.8, 4) is 5.75 Å². The Hall–Kier alpha value is -0.730. The van der Waals surface area contributed by atoms with Gasteiger partial charge in [-0.15, -0.1) is 0 Å². The standard InChI is InChI=1S/C16H21ClO2/c1-11-5-6-12(17)13(9-11)19-15-10-14(18)16(15)7-3-2-4-8-16/h5-6,9,14-15,18H,2-4,7-8,10H2,1H3. The van der Waals surface area contributed by atoms with Crippen molar-refractivity contribution >= 4 is 11.6 Å². The minimum Gasteiger partial charge on any atom is -0.488 e. The van der Waals surface area contributed by atoms with Gasteiger partial charge in [0.15, 0.2) is 0 Å². The molecule has 1 aromatic rings. The molecule has 104 valence electrons. The molecule has 1 aromatic carbocycles. The van der Waals surface area contributed by atoms with Crippen LogP contribution in [0.3, 0.4) is 0 Å². The monoisotopic (exact) mass is 280 g/mol. The predicted molar refractivity (Wildman–Crippen MR) is 76.7 cm³/mol. The zero-order valence-corrected chi connectivity index (χ0v) is 12.1. The lowest BCUT2D eigenvalue weighted by molar-refractivity contribution is -0.172. The molecule has 2 unspecified atom stereocenters. The lowest BCUT2D eigenvalue weighted by Crippen LogP contribution is -2.60. The Morgan fingerprint density at radius 3 is 2.68 bits per heavy atom. The van der Waals surface area contributed by atoms with E-state index in [4.69, 9.17) is 16.3 Å². The highest BCUT2D eigenvalue weighted by Crippen LogP contribution is 2.53. The first-order valence-electron chi connectivity index (χ1n) is 7.23. The van der Waals surface area contributed by atoms with Gasteiger partial charge in [-0.25, -0.2) is 0 Å². The molecule has 19 heavy (non-hydrogen) atoms. The van der Waals surface area contributed by atoms with Crippen LogP contribution in [0.5, 0.6) is 5.75 Å². The number of hydrogen-bond donors (Lipinski definition) is 1. The number of rotatable bonds is 2. The van der Waals surface area contributed by atoms with Gasteiger partial charge in [0, 0.05) is 11.8 Å². The number of hydrogen-bond acceptors (Lipinski definition) is 2. The average molecular weight is 281 g/mol. The molecule has 2 saturated carbocycles. The smallest absolute Gasteiger partial charge is 0.138 e. The maximum Gasteiger partial charge on any atom is 0.138 e. The van der Waals surface area contributed by atoms with Gasteiger partial charge >= 0.3 is 0 Å². The SMILES string of the molecule is Cc1ccc(Cl)c(OC2CC(O)C23CCCCC3)c1. The molecule has 2 aliphatic rings. The van der Waals surface area contributed by atoms with Gasteiger partial charge in [0.2, 0.25) is 0 Å². The molecular formula is C16H21ClO2. The molecule has 2 aliphatic carbocycles. The second-order valence-electron chi connectivity index (χ2n) is 6.09. The first-order valence-corrected chi connectivity index (χ1v) is 7.60. The highest BCUT2D eigenvalue weighted by molar-refractivity contribution is 6.32. The van der Waals surface area contributed by atoms with E-state index in [9.17, 15) is 5.11 Å². The van der Waals surface area contributed by atoms with Crippen molar-refractivity contribution < 1.29 is 9.84 Å². The van der Waals surface area contributed by atoms with Crippen LogP contribution in [-0.4, -0.2) is 17.3 Å². The maximum atomic E-state index is 10.2. The van der Waals surface area contributed by atoms with E-state index in [2.05, 4.69) is 0 Å². The third-order valence-electron chi connectivity index (χ3n) is 4.88. The molecule has 0 bridgehead atoms. The lowest BCUT2D eigenvalue weighted by Gasteiger charge is -2.55. The first-order chi connectivity index (χ1) is 9.12. The molecule has 2 nitrogen and oxygen atoms in total. The van der Waals surface area contributed by atoms with E-state index in [-0.39, 0.29) is 17.6 Å². The molecule has 3 rings (SSSR count). The highest BCUT2D eigenvalue weighted by Gasteiger charge is 2.56. The number of halogens is 1. The summed E-state index contributed by atoms with van der Waals surface area (Å²) in [5.74, 6) is 0.767. The lowest BCUT2D eigenvalue weighted by atomic mass is 9.56. The summed E-state index contributed by atoms with van der Waals surface area (Å²) in [6.45, 7) is 2.04. The van der Waals surface area contributed by atoms with Crippen molar-refractivity contribution in [2.75, 3.05) is 0 Å². The van der Waals surface area contributed by atoms with Crippen molar-refractivity contribution in [3.05, 3.63) is 28.8 Å². The summed E-state index contributed by atoms with van der Waals surface area (Å²) in [6.07, 6.45) is 6.54. The maximum absolute atomic E-state index is 10.2. The van der Waals surface area contributed by atoms with Crippen molar-refractivity contribution in [3.63, 3.8) is 0 Å². The van der Waals surface area contributed by atoms with Gasteiger partial charge in [-0.1, -0.05) is 36.9 Å². The molecule has 1 N–H and O–H groups in total. The van der Waals surface area contributed by atoms with Gasteiger partial charge in [0.25, 0.3) is 0 Å². The molecule has 2 atom stereocenters. The van der Waals surface area contributed by atoms with E-state index in [1.54, 1.807) is 0 Å². The van der Waals surface area contributed by atoms with Gasteiger partial charge in [-0.2, -0.15) is 0 Å². The molecule has 2 fully saturated rings. The Labute approximate surface area is 119 Å². The van der Waals surface area contributed by atoms with E-state index >= 15 is 0 Å². The number of aryl methyl sites for hydroxylation is 1. The number of ether oxygens (including phenoxy) is 1. The van der Waals surface area contributed by atoms with Gasteiger partial charge in [-0.05, 0) is 37.5 Å². The second-order valence-corrected chi connectivity index (χ2v) is 6.49. The first kappa shape index (κ1) is 13.3. The summed E-state index contributed by atoms with van der Waals surface area (Å²) in [7, 11) is 0. The van der Waals surface area contributed by atoms with Gasteiger partial charge in [-0.3, -0.25) is 0 Å². The van der Waals surface area contributed by atoms with E-state index in [1.165, 1.54) is 19.3 Å². The zero-order chi connectivity index (χ0) is 13.5. The molecular weight excluding hydrogens is 260 g/mol. The van der Waals surface area contributed by atoms with Crippen LogP contribution in [0.1, 0.15) is 44.1 Å².